The van der Waals surface area contributed by atoms with Crippen LogP contribution in [0, 0.1) is 13.8 Å². The van der Waals surface area contributed by atoms with E-state index in [2.05, 4.69) is 20.8 Å². The number of rotatable bonds is 6. The molecular formula is C35H37N3O3S. The molecule has 7 heteroatoms. The summed E-state index contributed by atoms with van der Waals surface area (Å²) in [6, 6.07) is 27.6. The average molecular weight is 580 g/mol. The molecular weight excluding hydrogens is 542 g/mol. The summed E-state index contributed by atoms with van der Waals surface area (Å²) in [5, 5.41) is 0.468. The standard InChI is InChI=1S/C35H37N3O3S/c1-23-12-17-28(18-13-23)38-33(25(3)37(7)42(40,41)29-19-15-27(16-20-29)35(4,5)6)36-32-21-14-26(22-31(32)34(38)39)30-11-9-8-10-24(30)2/h8-22,25H,1-7H3. The molecule has 1 unspecified atom stereocenters. The van der Waals surface area contributed by atoms with E-state index in [1.807, 2.05) is 92.7 Å². The van der Waals surface area contributed by atoms with Gasteiger partial charge in [0.25, 0.3) is 5.56 Å². The number of sulfonamides is 1. The molecule has 0 aliphatic heterocycles. The SMILES string of the molecule is Cc1ccc(-n2c(C(C)N(C)S(=O)(=O)c3ccc(C(C)(C)C)cc3)nc3ccc(-c4ccccc4C)cc3c2=O)cc1. The molecule has 1 atom stereocenters. The Kier molecular flexibility index (Phi) is 7.68. The number of fused-ring (bicyclic) bond motifs is 1. The molecule has 216 valence electrons. The molecule has 42 heavy (non-hydrogen) atoms. The summed E-state index contributed by atoms with van der Waals surface area (Å²) >= 11 is 0. The maximum Gasteiger partial charge on any atom is 0.266 e. The average Bonchev–Trinajstić information content (AvgIpc) is 2.96. The lowest BCUT2D eigenvalue weighted by Gasteiger charge is -2.27. The molecule has 0 radical (unpaired) electrons. The summed E-state index contributed by atoms with van der Waals surface area (Å²) in [5.41, 5.74) is 5.97. The maximum atomic E-state index is 14.2. The molecule has 0 spiro atoms. The highest BCUT2D eigenvalue weighted by molar-refractivity contribution is 7.89. The van der Waals surface area contributed by atoms with E-state index < -0.39 is 16.1 Å². The number of benzene rings is 4. The fraction of sp³-hybridized carbons (Fsp3) is 0.257. The molecule has 0 bridgehead atoms. The number of aromatic nitrogens is 2. The van der Waals surface area contributed by atoms with E-state index in [-0.39, 0.29) is 15.9 Å². The Balaban J connectivity index is 1.66. The van der Waals surface area contributed by atoms with Gasteiger partial charge < -0.3 is 0 Å². The molecule has 0 aliphatic rings. The Bertz CT molecular complexity index is 1940. The van der Waals surface area contributed by atoms with Crippen molar-refractivity contribution in [2.24, 2.45) is 0 Å². The van der Waals surface area contributed by atoms with Crippen molar-refractivity contribution in [1.82, 2.24) is 13.9 Å². The molecule has 1 aromatic heterocycles. The van der Waals surface area contributed by atoms with Crippen LogP contribution in [0.5, 0.6) is 0 Å². The number of hydrogen-bond donors (Lipinski definition) is 0. The third-order valence-electron chi connectivity index (χ3n) is 7.96. The van der Waals surface area contributed by atoms with Gasteiger partial charge in [-0.3, -0.25) is 9.36 Å². The Morgan fingerprint density at radius 2 is 1.50 bits per heavy atom. The summed E-state index contributed by atoms with van der Waals surface area (Å²) in [5.74, 6) is 0.345. The van der Waals surface area contributed by atoms with Gasteiger partial charge in [-0.25, -0.2) is 13.4 Å². The van der Waals surface area contributed by atoms with Gasteiger partial charge in [0.2, 0.25) is 10.0 Å². The van der Waals surface area contributed by atoms with Crippen LogP contribution in [-0.2, 0) is 15.4 Å². The molecule has 6 nitrogen and oxygen atoms in total. The monoisotopic (exact) mass is 579 g/mol. The Hall–Kier alpha value is -4.07. The third kappa shape index (κ3) is 5.42. The summed E-state index contributed by atoms with van der Waals surface area (Å²) in [6.07, 6.45) is 0. The second-order valence-electron chi connectivity index (χ2n) is 12.0. The van der Waals surface area contributed by atoms with Crippen LogP contribution in [0.4, 0.5) is 0 Å². The van der Waals surface area contributed by atoms with Crippen molar-refractivity contribution in [2.45, 2.75) is 57.9 Å². The van der Waals surface area contributed by atoms with Gasteiger partial charge in [-0.1, -0.05) is 80.9 Å². The van der Waals surface area contributed by atoms with Crippen molar-refractivity contribution in [3.05, 3.63) is 124 Å². The number of nitrogens with zero attached hydrogens (tertiary/aromatic N) is 3. The van der Waals surface area contributed by atoms with Gasteiger partial charge in [-0.05, 0) is 84.8 Å². The zero-order chi connectivity index (χ0) is 30.4. The lowest BCUT2D eigenvalue weighted by atomic mass is 9.87. The molecule has 5 rings (SSSR count). The Morgan fingerprint density at radius 1 is 0.857 bits per heavy atom. The first kappa shape index (κ1) is 29.4. The van der Waals surface area contributed by atoms with E-state index in [9.17, 15) is 13.2 Å². The van der Waals surface area contributed by atoms with Gasteiger partial charge in [-0.15, -0.1) is 0 Å². The van der Waals surface area contributed by atoms with Crippen molar-refractivity contribution >= 4 is 20.9 Å². The topological polar surface area (TPSA) is 72.3 Å². The van der Waals surface area contributed by atoms with Crippen LogP contribution in [0.15, 0.2) is 101 Å². The molecule has 4 aromatic carbocycles. The fourth-order valence-electron chi connectivity index (χ4n) is 5.15. The highest BCUT2D eigenvalue weighted by Gasteiger charge is 2.30. The normalized spacial score (nSPS) is 13.0. The quantitative estimate of drug-likeness (QED) is 0.211. The van der Waals surface area contributed by atoms with Gasteiger partial charge in [0.1, 0.15) is 5.82 Å². The zero-order valence-corrected chi connectivity index (χ0v) is 26.0. The minimum Gasteiger partial charge on any atom is -0.268 e. The van der Waals surface area contributed by atoms with E-state index >= 15 is 0 Å². The van der Waals surface area contributed by atoms with Gasteiger partial charge >= 0.3 is 0 Å². The predicted molar refractivity (Wildman–Crippen MR) is 171 cm³/mol. The van der Waals surface area contributed by atoms with Gasteiger partial charge in [-0.2, -0.15) is 4.31 Å². The second kappa shape index (κ2) is 11.0. The van der Waals surface area contributed by atoms with Crippen LogP contribution in [0.1, 0.15) is 56.3 Å². The lowest BCUT2D eigenvalue weighted by Crippen LogP contribution is -2.35. The first-order chi connectivity index (χ1) is 19.8. The molecule has 0 amide bonds. The number of aryl methyl sites for hydroxylation is 2. The van der Waals surface area contributed by atoms with Crippen molar-refractivity contribution in [3.8, 4) is 16.8 Å². The van der Waals surface area contributed by atoms with E-state index in [1.165, 1.54) is 11.4 Å². The molecule has 0 saturated carbocycles. The van der Waals surface area contributed by atoms with E-state index in [0.29, 0.717) is 22.4 Å². The van der Waals surface area contributed by atoms with Crippen LogP contribution >= 0.6 is 0 Å². The molecule has 5 aromatic rings. The van der Waals surface area contributed by atoms with Crippen LogP contribution < -0.4 is 5.56 Å². The first-order valence-corrected chi connectivity index (χ1v) is 15.5. The second-order valence-corrected chi connectivity index (χ2v) is 14.0. The van der Waals surface area contributed by atoms with Crippen molar-refractivity contribution in [1.29, 1.82) is 0 Å². The Morgan fingerprint density at radius 3 is 2.12 bits per heavy atom. The van der Waals surface area contributed by atoms with Crippen molar-refractivity contribution in [3.63, 3.8) is 0 Å². The summed E-state index contributed by atoms with van der Waals surface area (Å²) < 4.78 is 30.4. The minimum absolute atomic E-state index is 0.0975. The largest absolute Gasteiger partial charge is 0.268 e. The van der Waals surface area contributed by atoms with Gasteiger partial charge in [0.15, 0.2) is 0 Å². The molecule has 0 N–H and O–H groups in total. The summed E-state index contributed by atoms with van der Waals surface area (Å²) in [4.78, 5) is 19.4. The van der Waals surface area contributed by atoms with Crippen LogP contribution in [0.25, 0.3) is 27.7 Å². The molecule has 0 aliphatic carbocycles. The lowest BCUT2D eigenvalue weighted by molar-refractivity contribution is 0.379. The molecule has 0 fully saturated rings. The summed E-state index contributed by atoms with van der Waals surface area (Å²) in [7, 11) is -2.35. The molecule has 0 saturated heterocycles. The van der Waals surface area contributed by atoms with Crippen molar-refractivity contribution in [2.75, 3.05) is 7.05 Å². The van der Waals surface area contributed by atoms with Crippen LogP contribution in [-0.4, -0.2) is 29.3 Å². The highest BCUT2D eigenvalue weighted by Crippen LogP contribution is 2.30. The zero-order valence-electron chi connectivity index (χ0n) is 25.2. The first-order valence-electron chi connectivity index (χ1n) is 14.1. The minimum atomic E-state index is -3.89. The third-order valence-corrected chi connectivity index (χ3v) is 9.90. The predicted octanol–water partition coefficient (Wildman–Crippen LogP) is 7.35. The molecule has 1 heterocycles. The Labute approximate surface area is 248 Å². The van der Waals surface area contributed by atoms with Crippen LogP contribution in [0.2, 0.25) is 0 Å². The van der Waals surface area contributed by atoms with Crippen molar-refractivity contribution < 1.29 is 8.42 Å². The van der Waals surface area contributed by atoms with E-state index in [0.717, 1.165) is 27.8 Å². The maximum absolute atomic E-state index is 14.2. The highest BCUT2D eigenvalue weighted by atomic mass is 32.2. The van der Waals surface area contributed by atoms with E-state index in [4.69, 9.17) is 4.98 Å². The van der Waals surface area contributed by atoms with Gasteiger partial charge in [0, 0.05) is 7.05 Å². The number of hydrogen-bond acceptors (Lipinski definition) is 4. The summed E-state index contributed by atoms with van der Waals surface area (Å²) in [6.45, 7) is 12.1. The smallest absolute Gasteiger partial charge is 0.266 e. The van der Waals surface area contributed by atoms with E-state index in [1.54, 1.807) is 23.6 Å². The van der Waals surface area contributed by atoms with Crippen LogP contribution in [0.3, 0.4) is 0 Å². The fourth-order valence-corrected chi connectivity index (χ4v) is 6.48. The van der Waals surface area contributed by atoms with Gasteiger partial charge in [0.05, 0.1) is 27.5 Å².